The minimum Gasteiger partial charge on any atom is -0.349 e. The highest BCUT2D eigenvalue weighted by Crippen LogP contribution is 2.13. The van der Waals surface area contributed by atoms with Crippen LogP contribution in [0.2, 0.25) is 0 Å². The van der Waals surface area contributed by atoms with E-state index < -0.39 is 0 Å². The second-order valence-corrected chi connectivity index (χ2v) is 8.32. The summed E-state index contributed by atoms with van der Waals surface area (Å²) in [6.07, 6.45) is 30.0. The minimum absolute atomic E-state index is 1.06. The molecule has 4 heteroatoms. The Hall–Kier alpha value is -1.58. The van der Waals surface area contributed by atoms with Crippen LogP contribution in [0.25, 0.3) is 0 Å². The molecule has 0 fully saturated rings. The first-order valence-corrected chi connectivity index (χ1v) is 12.2. The highest BCUT2D eigenvalue weighted by atomic mass is 15.0. The largest absolute Gasteiger partial charge is 0.349 e. The average Bonchev–Trinajstić information content (AvgIpc) is 3.37. The molecule has 2 aromatic rings. The van der Waals surface area contributed by atoms with E-state index in [4.69, 9.17) is 0 Å². The van der Waals surface area contributed by atoms with Crippen molar-refractivity contribution in [3.63, 3.8) is 0 Å². The number of aryl methyl sites for hydroxylation is 3. The van der Waals surface area contributed by atoms with Gasteiger partial charge < -0.3 is 9.55 Å². The molecule has 4 nitrogen and oxygen atoms in total. The number of H-pyrrole nitrogens is 1. The number of aromatic amines is 1. The van der Waals surface area contributed by atoms with E-state index in [9.17, 15) is 0 Å². The summed E-state index contributed by atoms with van der Waals surface area (Å²) >= 11 is 0. The fraction of sp³-hybridized carbons (Fsp3) is 0.760. The molecular formula is C25H46N4. The molecule has 0 bridgehead atoms. The normalized spacial score (nSPS) is 10.7. The maximum Gasteiger partial charge on any atom is 0.105 e. The topological polar surface area (TPSA) is 46.5 Å². The monoisotopic (exact) mass is 402 g/mol. The molecule has 2 heterocycles. The lowest BCUT2D eigenvalue weighted by Gasteiger charge is -2.03. The Morgan fingerprint density at radius 1 is 0.724 bits per heavy atom. The average molecular weight is 403 g/mol. The Balaban J connectivity index is 0.000000502. The maximum atomic E-state index is 4.26. The van der Waals surface area contributed by atoms with Crippen molar-refractivity contribution < 1.29 is 0 Å². The number of hydrogen-bond donors (Lipinski definition) is 1. The molecule has 29 heavy (non-hydrogen) atoms. The van der Waals surface area contributed by atoms with E-state index in [2.05, 4.69) is 21.9 Å². The van der Waals surface area contributed by atoms with Gasteiger partial charge >= 0.3 is 0 Å². The van der Waals surface area contributed by atoms with Crippen LogP contribution in [0.5, 0.6) is 0 Å². The second kappa shape index (κ2) is 18.4. The molecule has 0 spiro atoms. The lowest BCUT2D eigenvalue weighted by atomic mass is 10.0. The Labute approximate surface area is 179 Å². The van der Waals surface area contributed by atoms with Gasteiger partial charge in [0, 0.05) is 38.3 Å². The van der Waals surface area contributed by atoms with E-state index in [1.54, 1.807) is 6.20 Å². The van der Waals surface area contributed by atoms with E-state index in [1.165, 1.54) is 96.3 Å². The van der Waals surface area contributed by atoms with Crippen molar-refractivity contribution in [1.29, 1.82) is 0 Å². The molecule has 0 aliphatic carbocycles. The first-order valence-electron chi connectivity index (χ1n) is 12.2. The van der Waals surface area contributed by atoms with E-state index in [1.807, 2.05) is 37.1 Å². The fourth-order valence-electron chi connectivity index (χ4n) is 3.54. The van der Waals surface area contributed by atoms with Gasteiger partial charge in [-0.15, -0.1) is 0 Å². The van der Waals surface area contributed by atoms with Crippen molar-refractivity contribution in [2.24, 2.45) is 7.05 Å². The third-order valence-electron chi connectivity index (χ3n) is 5.63. The Bertz CT molecular complexity index is 543. The van der Waals surface area contributed by atoms with Crippen molar-refractivity contribution in [2.45, 2.75) is 117 Å². The quantitative estimate of drug-likeness (QED) is 0.295. The zero-order valence-corrected chi connectivity index (χ0v) is 19.5. The minimum atomic E-state index is 1.06. The van der Waals surface area contributed by atoms with Gasteiger partial charge in [0.1, 0.15) is 11.6 Å². The molecule has 2 rings (SSSR count). The van der Waals surface area contributed by atoms with Gasteiger partial charge in [-0.1, -0.05) is 96.8 Å². The zero-order valence-electron chi connectivity index (χ0n) is 19.5. The fourth-order valence-corrected chi connectivity index (χ4v) is 3.54. The summed E-state index contributed by atoms with van der Waals surface area (Å²) in [6.45, 7) is 4.26. The molecule has 2 aromatic heterocycles. The van der Waals surface area contributed by atoms with Crippen LogP contribution in [0.4, 0.5) is 0 Å². The Kier molecular flexibility index (Phi) is 16.2. The smallest absolute Gasteiger partial charge is 0.105 e. The molecule has 0 unspecified atom stereocenters. The summed E-state index contributed by atoms with van der Waals surface area (Å²) in [6, 6.07) is 0. The van der Waals surface area contributed by atoms with Crippen LogP contribution < -0.4 is 0 Å². The Morgan fingerprint density at radius 3 is 1.59 bits per heavy atom. The summed E-state index contributed by atoms with van der Waals surface area (Å²) < 4.78 is 1.97. The number of unbranched alkanes of at least 4 members (excludes halogenated alkanes) is 14. The first kappa shape index (κ1) is 25.5. The summed E-state index contributed by atoms with van der Waals surface area (Å²) in [5, 5.41) is 0. The van der Waals surface area contributed by atoms with Gasteiger partial charge in [0.05, 0.1) is 0 Å². The Morgan fingerprint density at radius 2 is 1.24 bits per heavy atom. The standard InChI is InChI=1S/C20H38N2.C5H8N2/c1-2-3-4-5-6-7-8-9-10-11-12-13-14-15-16-17-20-21-18-19-22-20;1-5-6-3-4-7(5)2/h18-19H,2-17H2,1H3,(H,21,22);3-4H,1-2H3. The number of hydrogen-bond acceptors (Lipinski definition) is 2. The lowest BCUT2D eigenvalue weighted by molar-refractivity contribution is 0.531. The van der Waals surface area contributed by atoms with Gasteiger partial charge in [0.2, 0.25) is 0 Å². The SMILES string of the molecule is CCCCCCCCCCCCCCCCCc1ncc[nH]1.Cc1nccn1C. The van der Waals surface area contributed by atoms with Crippen LogP contribution >= 0.6 is 0 Å². The summed E-state index contributed by atoms with van der Waals surface area (Å²) in [5.74, 6) is 2.20. The number of aromatic nitrogens is 4. The van der Waals surface area contributed by atoms with Crippen LogP contribution in [0.3, 0.4) is 0 Å². The third kappa shape index (κ3) is 15.0. The number of rotatable bonds is 16. The van der Waals surface area contributed by atoms with Gasteiger partial charge in [0.25, 0.3) is 0 Å². The second-order valence-electron chi connectivity index (χ2n) is 8.32. The molecule has 0 saturated carbocycles. The first-order chi connectivity index (χ1) is 14.2. The number of nitrogens with zero attached hydrogens (tertiary/aromatic N) is 3. The van der Waals surface area contributed by atoms with Crippen LogP contribution in [-0.2, 0) is 13.5 Å². The molecule has 0 aliphatic heterocycles. The van der Waals surface area contributed by atoms with E-state index in [0.717, 1.165) is 18.1 Å². The van der Waals surface area contributed by atoms with E-state index in [0.29, 0.717) is 0 Å². The van der Waals surface area contributed by atoms with Gasteiger partial charge in [-0.05, 0) is 13.3 Å². The van der Waals surface area contributed by atoms with E-state index in [-0.39, 0.29) is 0 Å². The van der Waals surface area contributed by atoms with Crippen molar-refractivity contribution in [3.05, 3.63) is 36.4 Å². The number of imidazole rings is 2. The van der Waals surface area contributed by atoms with Crippen molar-refractivity contribution >= 4 is 0 Å². The molecule has 0 saturated heterocycles. The van der Waals surface area contributed by atoms with E-state index >= 15 is 0 Å². The highest BCUT2D eigenvalue weighted by molar-refractivity contribution is 4.86. The molecule has 0 aliphatic rings. The lowest BCUT2D eigenvalue weighted by Crippen LogP contribution is -1.88. The third-order valence-corrected chi connectivity index (χ3v) is 5.63. The molecule has 0 amide bonds. The predicted molar refractivity (Wildman–Crippen MR) is 125 cm³/mol. The van der Waals surface area contributed by atoms with Crippen molar-refractivity contribution in [2.75, 3.05) is 0 Å². The zero-order chi connectivity index (χ0) is 21.0. The molecular weight excluding hydrogens is 356 g/mol. The van der Waals surface area contributed by atoms with Gasteiger partial charge in [-0.25, -0.2) is 9.97 Å². The van der Waals surface area contributed by atoms with Crippen LogP contribution in [0.1, 0.15) is 115 Å². The highest BCUT2D eigenvalue weighted by Gasteiger charge is 1.96. The summed E-state index contributed by atoms with van der Waals surface area (Å²) in [7, 11) is 1.97. The molecule has 166 valence electrons. The molecule has 1 N–H and O–H groups in total. The summed E-state index contributed by atoms with van der Waals surface area (Å²) in [4.78, 5) is 11.4. The maximum absolute atomic E-state index is 4.26. The van der Waals surface area contributed by atoms with Crippen LogP contribution in [0.15, 0.2) is 24.8 Å². The van der Waals surface area contributed by atoms with Crippen LogP contribution in [-0.4, -0.2) is 19.5 Å². The van der Waals surface area contributed by atoms with Crippen molar-refractivity contribution in [3.8, 4) is 0 Å². The van der Waals surface area contributed by atoms with Crippen molar-refractivity contribution in [1.82, 2.24) is 19.5 Å². The summed E-state index contributed by atoms with van der Waals surface area (Å²) in [5.41, 5.74) is 0. The molecule has 0 radical (unpaired) electrons. The number of nitrogens with one attached hydrogen (secondary N) is 1. The molecule has 0 atom stereocenters. The van der Waals surface area contributed by atoms with Gasteiger partial charge in [-0.3, -0.25) is 0 Å². The predicted octanol–water partition coefficient (Wildman–Crippen LogP) is 7.55. The van der Waals surface area contributed by atoms with Gasteiger partial charge in [-0.2, -0.15) is 0 Å². The van der Waals surface area contributed by atoms with Gasteiger partial charge in [0.15, 0.2) is 0 Å². The molecule has 0 aromatic carbocycles. The van der Waals surface area contributed by atoms with Crippen LogP contribution in [0, 0.1) is 6.92 Å².